The highest BCUT2D eigenvalue weighted by atomic mass is 19.3. The third-order valence-electron chi connectivity index (χ3n) is 6.59. The monoisotopic (exact) mass is 310 g/mol. The summed E-state index contributed by atoms with van der Waals surface area (Å²) < 4.78 is 26.8. The van der Waals surface area contributed by atoms with Crippen LogP contribution in [0, 0.1) is 29.1 Å². The molecule has 3 saturated carbocycles. The van der Waals surface area contributed by atoms with Gasteiger partial charge >= 0.3 is 0 Å². The van der Waals surface area contributed by atoms with Gasteiger partial charge in [-0.2, -0.15) is 0 Å². The average molecular weight is 310 g/mol. The van der Waals surface area contributed by atoms with Crippen LogP contribution >= 0.6 is 0 Å². The predicted octanol–water partition coefficient (Wildman–Crippen LogP) is 6.61. The SMILES string of the molecule is CCCCC/C=C/C(CC1CC1(F)F)C1(C2CC2CC)CC1. The van der Waals surface area contributed by atoms with Crippen molar-refractivity contribution in [2.75, 3.05) is 0 Å². The first-order valence-corrected chi connectivity index (χ1v) is 9.58. The Labute approximate surface area is 134 Å². The Morgan fingerprint density at radius 3 is 2.41 bits per heavy atom. The smallest absolute Gasteiger partial charge is 0.207 e. The first-order chi connectivity index (χ1) is 10.5. The number of alkyl halides is 2. The zero-order chi connectivity index (χ0) is 15.8. The fourth-order valence-electron chi connectivity index (χ4n) is 4.67. The summed E-state index contributed by atoms with van der Waals surface area (Å²) in [6, 6.07) is 0. The quantitative estimate of drug-likeness (QED) is 0.314. The molecule has 2 heteroatoms. The molecule has 4 unspecified atom stereocenters. The van der Waals surface area contributed by atoms with E-state index < -0.39 is 5.92 Å². The number of allylic oxidation sites excluding steroid dienone is 2. The standard InChI is InChI=1S/C20H32F2/c1-3-5-6-7-8-9-16(13-17-14-20(17,21)22)19(10-11-19)18-12-15(18)4-2/h8-9,15-18H,3-7,10-14H2,1-2H3/b9-8+. The summed E-state index contributed by atoms with van der Waals surface area (Å²) >= 11 is 0. The summed E-state index contributed by atoms with van der Waals surface area (Å²) in [4.78, 5) is 0. The molecular weight excluding hydrogens is 278 g/mol. The summed E-state index contributed by atoms with van der Waals surface area (Å²) in [5, 5.41) is 0. The van der Waals surface area contributed by atoms with Gasteiger partial charge in [-0.15, -0.1) is 0 Å². The minimum Gasteiger partial charge on any atom is -0.207 e. The predicted molar refractivity (Wildman–Crippen MR) is 88.0 cm³/mol. The van der Waals surface area contributed by atoms with Gasteiger partial charge in [0.1, 0.15) is 0 Å². The minimum atomic E-state index is -2.35. The molecule has 0 spiro atoms. The molecule has 22 heavy (non-hydrogen) atoms. The van der Waals surface area contributed by atoms with Crippen molar-refractivity contribution < 1.29 is 8.78 Å². The van der Waals surface area contributed by atoms with Gasteiger partial charge in [0, 0.05) is 12.3 Å². The molecule has 0 bridgehead atoms. The van der Waals surface area contributed by atoms with Crippen molar-refractivity contribution in [3.8, 4) is 0 Å². The van der Waals surface area contributed by atoms with Crippen LogP contribution in [0.25, 0.3) is 0 Å². The van der Waals surface area contributed by atoms with Crippen LogP contribution in [0.3, 0.4) is 0 Å². The molecule has 3 rings (SSSR count). The van der Waals surface area contributed by atoms with E-state index in [-0.39, 0.29) is 12.3 Å². The van der Waals surface area contributed by atoms with Gasteiger partial charge in [-0.1, -0.05) is 45.3 Å². The molecule has 0 N–H and O–H groups in total. The maximum absolute atomic E-state index is 13.4. The molecule has 0 saturated heterocycles. The van der Waals surface area contributed by atoms with Crippen molar-refractivity contribution in [1.82, 2.24) is 0 Å². The van der Waals surface area contributed by atoms with Gasteiger partial charge < -0.3 is 0 Å². The third kappa shape index (κ3) is 3.41. The molecule has 126 valence electrons. The second-order valence-corrected chi connectivity index (χ2v) is 8.17. The Morgan fingerprint density at radius 1 is 1.18 bits per heavy atom. The molecule has 3 fully saturated rings. The molecule has 0 aromatic carbocycles. The fraction of sp³-hybridized carbons (Fsp3) is 0.900. The Kier molecular flexibility index (Phi) is 4.67. The number of hydrogen-bond acceptors (Lipinski definition) is 0. The van der Waals surface area contributed by atoms with E-state index in [0.29, 0.717) is 11.3 Å². The van der Waals surface area contributed by atoms with Crippen molar-refractivity contribution in [2.24, 2.45) is 29.1 Å². The normalized spacial score (nSPS) is 35.5. The summed E-state index contributed by atoms with van der Waals surface area (Å²) in [6.45, 7) is 4.50. The molecular formula is C20H32F2. The van der Waals surface area contributed by atoms with Crippen LogP contribution in [0.2, 0.25) is 0 Å². The molecule has 0 radical (unpaired) electrons. The van der Waals surface area contributed by atoms with Crippen LogP contribution in [0.15, 0.2) is 12.2 Å². The molecule has 0 aliphatic heterocycles. The minimum absolute atomic E-state index is 0.144. The van der Waals surface area contributed by atoms with E-state index in [1.807, 2.05) is 0 Å². The van der Waals surface area contributed by atoms with Gasteiger partial charge in [0.05, 0.1) is 0 Å². The van der Waals surface area contributed by atoms with Crippen LogP contribution < -0.4 is 0 Å². The number of rotatable bonds is 10. The molecule has 4 atom stereocenters. The maximum atomic E-state index is 13.4. The van der Waals surface area contributed by atoms with Gasteiger partial charge in [0.25, 0.3) is 5.92 Å². The van der Waals surface area contributed by atoms with Gasteiger partial charge in [-0.3, -0.25) is 0 Å². The van der Waals surface area contributed by atoms with Crippen LogP contribution in [0.4, 0.5) is 8.78 Å². The molecule has 0 amide bonds. The van der Waals surface area contributed by atoms with E-state index in [1.54, 1.807) is 0 Å². The highest BCUT2D eigenvalue weighted by Gasteiger charge is 2.64. The van der Waals surface area contributed by atoms with E-state index in [2.05, 4.69) is 26.0 Å². The summed E-state index contributed by atoms with van der Waals surface area (Å²) in [5.74, 6) is -0.519. The van der Waals surface area contributed by atoms with Crippen LogP contribution in [0.5, 0.6) is 0 Å². The van der Waals surface area contributed by atoms with E-state index >= 15 is 0 Å². The van der Waals surface area contributed by atoms with Crippen molar-refractivity contribution in [3.05, 3.63) is 12.2 Å². The lowest BCUT2D eigenvalue weighted by Crippen LogP contribution is -2.19. The van der Waals surface area contributed by atoms with Crippen molar-refractivity contribution in [1.29, 1.82) is 0 Å². The summed E-state index contributed by atoms with van der Waals surface area (Å²) in [7, 11) is 0. The number of hydrogen-bond donors (Lipinski definition) is 0. The Balaban J connectivity index is 1.59. The van der Waals surface area contributed by atoms with Crippen LogP contribution in [0.1, 0.15) is 78.1 Å². The highest BCUT2D eigenvalue weighted by Crippen LogP contribution is 2.70. The van der Waals surface area contributed by atoms with Gasteiger partial charge in [-0.05, 0) is 61.7 Å². The summed E-state index contributed by atoms with van der Waals surface area (Å²) in [5.41, 5.74) is 0.417. The van der Waals surface area contributed by atoms with E-state index in [0.717, 1.165) is 24.7 Å². The fourth-order valence-corrected chi connectivity index (χ4v) is 4.67. The first kappa shape index (κ1) is 16.5. The molecule has 0 nitrogen and oxygen atoms in total. The Hall–Kier alpha value is -0.400. The Bertz CT molecular complexity index is 408. The molecule has 3 aliphatic rings. The lowest BCUT2D eigenvalue weighted by Gasteiger charge is -2.25. The first-order valence-electron chi connectivity index (χ1n) is 9.58. The summed E-state index contributed by atoms with van der Waals surface area (Å²) in [6.07, 6.45) is 15.7. The second kappa shape index (κ2) is 6.24. The zero-order valence-corrected chi connectivity index (χ0v) is 14.3. The van der Waals surface area contributed by atoms with E-state index in [1.165, 1.54) is 44.9 Å². The lowest BCUT2D eigenvalue weighted by atomic mass is 9.79. The van der Waals surface area contributed by atoms with Gasteiger partial charge in [0.15, 0.2) is 0 Å². The molecule has 0 heterocycles. The second-order valence-electron chi connectivity index (χ2n) is 8.17. The molecule has 0 aromatic rings. The van der Waals surface area contributed by atoms with Crippen LogP contribution in [-0.2, 0) is 0 Å². The van der Waals surface area contributed by atoms with Crippen molar-refractivity contribution in [3.63, 3.8) is 0 Å². The maximum Gasteiger partial charge on any atom is 0.251 e. The average Bonchev–Trinajstić information content (AvgIpc) is 3.35. The topological polar surface area (TPSA) is 0 Å². The highest BCUT2D eigenvalue weighted by molar-refractivity contribution is 5.16. The van der Waals surface area contributed by atoms with E-state index in [9.17, 15) is 8.78 Å². The number of unbranched alkanes of at least 4 members (excludes halogenated alkanes) is 3. The van der Waals surface area contributed by atoms with E-state index in [4.69, 9.17) is 0 Å². The van der Waals surface area contributed by atoms with Gasteiger partial charge in [0.2, 0.25) is 0 Å². The Morgan fingerprint density at radius 2 is 1.91 bits per heavy atom. The van der Waals surface area contributed by atoms with Gasteiger partial charge in [-0.25, -0.2) is 8.78 Å². The third-order valence-corrected chi connectivity index (χ3v) is 6.59. The zero-order valence-electron chi connectivity index (χ0n) is 14.3. The number of halogens is 2. The molecule has 3 aliphatic carbocycles. The van der Waals surface area contributed by atoms with Crippen molar-refractivity contribution >= 4 is 0 Å². The lowest BCUT2D eigenvalue weighted by molar-refractivity contribution is 0.0901. The largest absolute Gasteiger partial charge is 0.251 e. The van der Waals surface area contributed by atoms with Crippen molar-refractivity contribution in [2.45, 2.75) is 84.0 Å². The molecule has 0 aromatic heterocycles. The van der Waals surface area contributed by atoms with Crippen LogP contribution in [-0.4, -0.2) is 5.92 Å².